The molecule has 0 saturated heterocycles. The molecule has 0 N–H and O–H groups in total. The maximum atomic E-state index is 12.5. The second kappa shape index (κ2) is 7.11. The molecule has 1 amide bonds. The van der Waals surface area contributed by atoms with Gasteiger partial charge in [-0.25, -0.2) is 4.98 Å². The topological polar surface area (TPSA) is 36.4 Å². The Hall–Kier alpha value is -0.590. The maximum absolute atomic E-state index is 12.5. The van der Waals surface area contributed by atoms with Crippen LogP contribution >= 0.6 is 23.1 Å². The summed E-state index contributed by atoms with van der Waals surface area (Å²) in [6, 6.07) is 1.19. The van der Waals surface area contributed by atoms with E-state index < -0.39 is 0 Å². The number of aromatic nitrogens is 1. The summed E-state index contributed by atoms with van der Waals surface area (Å²) in [4.78, 5) is 21.3. The smallest absolute Gasteiger partial charge is 0.233 e. The van der Waals surface area contributed by atoms with Gasteiger partial charge in [0.05, 0.1) is 5.75 Å². The van der Waals surface area contributed by atoms with Gasteiger partial charge in [-0.15, -0.1) is 11.3 Å². The van der Waals surface area contributed by atoms with Crippen molar-refractivity contribution in [2.45, 2.75) is 49.0 Å². The van der Waals surface area contributed by atoms with E-state index in [1.165, 1.54) is 25.7 Å². The molecule has 0 spiro atoms. The zero-order valence-electron chi connectivity index (χ0n) is 14.5. The van der Waals surface area contributed by atoms with Gasteiger partial charge in [0, 0.05) is 30.2 Å². The zero-order valence-corrected chi connectivity index (χ0v) is 16.1. The van der Waals surface area contributed by atoms with Crippen LogP contribution in [0.3, 0.4) is 0 Å². The lowest BCUT2D eigenvalue weighted by Crippen LogP contribution is -2.37. The molecule has 2 saturated carbocycles. The van der Waals surface area contributed by atoms with Crippen LogP contribution < -0.4 is 0 Å². The highest BCUT2D eigenvalue weighted by atomic mass is 32.2. The maximum Gasteiger partial charge on any atom is 0.233 e. The molecule has 2 unspecified atom stereocenters. The summed E-state index contributed by atoms with van der Waals surface area (Å²) in [6.07, 6.45) is 5.00. The van der Waals surface area contributed by atoms with E-state index in [0.29, 0.717) is 11.8 Å². The first kappa shape index (κ1) is 17.2. The molecule has 1 heterocycles. The lowest BCUT2D eigenvalue weighted by Gasteiger charge is -2.27. The molecule has 128 valence electrons. The highest BCUT2D eigenvalue weighted by Crippen LogP contribution is 2.46. The van der Waals surface area contributed by atoms with Crippen molar-refractivity contribution in [3.05, 3.63) is 11.1 Å². The summed E-state index contributed by atoms with van der Waals surface area (Å²) in [5.41, 5.74) is 1.04. The van der Waals surface area contributed by atoms with Gasteiger partial charge in [-0.3, -0.25) is 4.79 Å². The monoisotopic (exact) mass is 353 g/mol. The second-order valence-corrected chi connectivity index (χ2v) is 9.36. The first-order chi connectivity index (χ1) is 10.9. The van der Waals surface area contributed by atoms with Crippen molar-refractivity contribution in [2.75, 3.05) is 26.9 Å². The lowest BCUT2D eigenvalue weighted by atomic mass is 10.0. The first-order valence-corrected chi connectivity index (χ1v) is 10.3. The highest BCUT2D eigenvalue weighted by Gasteiger charge is 2.43. The molecule has 0 aromatic carbocycles. The molecule has 1 aromatic heterocycles. The van der Waals surface area contributed by atoms with E-state index in [2.05, 4.69) is 24.0 Å². The third kappa shape index (κ3) is 3.91. The van der Waals surface area contributed by atoms with E-state index in [0.717, 1.165) is 27.9 Å². The number of thioether (sulfide) groups is 1. The number of thiazole rings is 1. The molecule has 0 bridgehead atoms. The summed E-state index contributed by atoms with van der Waals surface area (Å²) in [5.74, 6) is 2.39. The standard InChI is InChI=1S/C17H27N3OS2/c1-11-9-22-17(18-11)23-10-16(21)20(4)15-7-12-5-14(19(2)3)6-13(12)8-15/h9,12-15H,5-8,10H2,1-4H3/t12-,13+,14?,15?. The van der Waals surface area contributed by atoms with Gasteiger partial charge in [-0.1, -0.05) is 11.8 Å². The van der Waals surface area contributed by atoms with Crippen molar-refractivity contribution >= 4 is 29.0 Å². The second-order valence-electron chi connectivity index (χ2n) is 7.28. The summed E-state index contributed by atoms with van der Waals surface area (Å²) in [7, 11) is 6.37. The Morgan fingerprint density at radius 3 is 2.35 bits per heavy atom. The van der Waals surface area contributed by atoms with Crippen LogP contribution in [-0.2, 0) is 4.79 Å². The molecular weight excluding hydrogens is 326 g/mol. The first-order valence-electron chi connectivity index (χ1n) is 8.41. The molecule has 3 rings (SSSR count). The van der Waals surface area contributed by atoms with Crippen molar-refractivity contribution in [1.29, 1.82) is 0 Å². The Morgan fingerprint density at radius 1 is 1.22 bits per heavy atom. The van der Waals surface area contributed by atoms with Gasteiger partial charge in [0.15, 0.2) is 4.34 Å². The number of carbonyl (C=O) groups excluding carboxylic acids is 1. The Morgan fingerprint density at radius 2 is 1.83 bits per heavy atom. The van der Waals surface area contributed by atoms with E-state index in [1.54, 1.807) is 23.1 Å². The Labute approximate surface area is 147 Å². The summed E-state index contributed by atoms with van der Waals surface area (Å²) in [6.45, 7) is 1.99. The van der Waals surface area contributed by atoms with E-state index in [9.17, 15) is 4.79 Å². The minimum absolute atomic E-state index is 0.247. The molecule has 2 fully saturated rings. The van der Waals surface area contributed by atoms with Gasteiger partial charge in [-0.05, 0) is 58.5 Å². The third-order valence-corrected chi connectivity index (χ3v) is 7.68. The predicted molar refractivity (Wildman–Crippen MR) is 97.1 cm³/mol. The third-order valence-electron chi connectivity index (χ3n) is 5.55. The molecule has 4 atom stereocenters. The van der Waals surface area contributed by atoms with Crippen LogP contribution in [0.1, 0.15) is 31.4 Å². The number of carbonyl (C=O) groups is 1. The quantitative estimate of drug-likeness (QED) is 0.762. The van der Waals surface area contributed by atoms with E-state index >= 15 is 0 Å². The summed E-state index contributed by atoms with van der Waals surface area (Å²) < 4.78 is 1.00. The van der Waals surface area contributed by atoms with Gasteiger partial charge in [-0.2, -0.15) is 0 Å². The average molecular weight is 354 g/mol. The van der Waals surface area contributed by atoms with Crippen LogP contribution in [-0.4, -0.2) is 59.7 Å². The number of hydrogen-bond acceptors (Lipinski definition) is 5. The number of nitrogens with zero attached hydrogens (tertiary/aromatic N) is 3. The minimum atomic E-state index is 0.247. The zero-order chi connectivity index (χ0) is 16.6. The number of aryl methyl sites for hydroxylation is 1. The summed E-state index contributed by atoms with van der Waals surface area (Å²) >= 11 is 3.20. The Balaban J connectivity index is 1.48. The van der Waals surface area contributed by atoms with Crippen molar-refractivity contribution in [3.63, 3.8) is 0 Å². The minimum Gasteiger partial charge on any atom is -0.342 e. The fraction of sp³-hybridized carbons (Fsp3) is 0.765. The van der Waals surface area contributed by atoms with Crippen molar-refractivity contribution in [2.24, 2.45) is 11.8 Å². The van der Waals surface area contributed by atoms with Crippen molar-refractivity contribution in [3.8, 4) is 0 Å². The lowest BCUT2D eigenvalue weighted by molar-refractivity contribution is -0.129. The van der Waals surface area contributed by atoms with Crippen LogP contribution in [0.4, 0.5) is 0 Å². The van der Waals surface area contributed by atoms with Gasteiger partial charge in [0.2, 0.25) is 5.91 Å². The molecule has 1 aromatic rings. The fourth-order valence-electron chi connectivity index (χ4n) is 4.12. The molecule has 4 nitrogen and oxygen atoms in total. The fourth-order valence-corrected chi connectivity index (χ4v) is 5.89. The molecule has 6 heteroatoms. The molecule has 0 aliphatic heterocycles. The van der Waals surface area contributed by atoms with Crippen molar-refractivity contribution in [1.82, 2.24) is 14.8 Å². The molecule has 2 aliphatic carbocycles. The number of fused-ring (bicyclic) bond motifs is 1. The van der Waals surface area contributed by atoms with Gasteiger partial charge >= 0.3 is 0 Å². The molecule has 2 aliphatic rings. The van der Waals surface area contributed by atoms with Crippen LogP contribution in [0.25, 0.3) is 0 Å². The van der Waals surface area contributed by atoms with E-state index in [1.807, 2.05) is 24.3 Å². The van der Waals surface area contributed by atoms with Crippen LogP contribution in [0.5, 0.6) is 0 Å². The predicted octanol–water partition coefficient (Wildman–Crippen LogP) is 3.12. The number of rotatable bonds is 5. The molecule has 23 heavy (non-hydrogen) atoms. The van der Waals surface area contributed by atoms with Crippen LogP contribution in [0.15, 0.2) is 9.72 Å². The van der Waals surface area contributed by atoms with E-state index in [-0.39, 0.29) is 5.91 Å². The largest absolute Gasteiger partial charge is 0.342 e. The van der Waals surface area contributed by atoms with Crippen molar-refractivity contribution < 1.29 is 4.79 Å². The Kier molecular flexibility index (Phi) is 5.33. The molecular formula is C17H27N3OS2. The molecule has 0 radical (unpaired) electrons. The van der Waals surface area contributed by atoms with Crippen LogP contribution in [0.2, 0.25) is 0 Å². The van der Waals surface area contributed by atoms with Gasteiger partial charge in [0.25, 0.3) is 0 Å². The van der Waals surface area contributed by atoms with Gasteiger partial charge < -0.3 is 9.80 Å². The average Bonchev–Trinajstić information content (AvgIpc) is 3.17. The number of amides is 1. The Bertz CT molecular complexity index is 546. The van der Waals surface area contributed by atoms with Gasteiger partial charge in [0.1, 0.15) is 0 Å². The SMILES string of the molecule is Cc1csc(SCC(=O)N(C)C2C[C@H]3CC(N(C)C)C[C@H]3C2)n1. The highest BCUT2D eigenvalue weighted by molar-refractivity contribution is 8.01. The number of hydrogen-bond donors (Lipinski definition) is 0. The van der Waals surface area contributed by atoms with Crippen LogP contribution in [0, 0.1) is 18.8 Å². The summed E-state index contributed by atoms with van der Waals surface area (Å²) in [5, 5.41) is 2.04. The van der Waals surface area contributed by atoms with E-state index in [4.69, 9.17) is 0 Å². The normalized spacial score (nSPS) is 30.0.